The number of carbonyl (C=O) groups is 2. The summed E-state index contributed by atoms with van der Waals surface area (Å²) in [6, 6.07) is 16.4. The van der Waals surface area contributed by atoms with Gasteiger partial charge in [0, 0.05) is 30.9 Å². The molecule has 1 N–H and O–H groups in total. The van der Waals surface area contributed by atoms with Crippen LogP contribution in [0.5, 0.6) is 0 Å². The van der Waals surface area contributed by atoms with Crippen molar-refractivity contribution in [1.82, 2.24) is 5.32 Å². The lowest BCUT2D eigenvalue weighted by Gasteiger charge is -2.28. The van der Waals surface area contributed by atoms with Crippen molar-refractivity contribution in [2.24, 2.45) is 0 Å². The van der Waals surface area contributed by atoms with Gasteiger partial charge in [-0.15, -0.1) is 0 Å². The maximum Gasteiger partial charge on any atom is 0.212 e. The summed E-state index contributed by atoms with van der Waals surface area (Å²) in [4.78, 5) is 27.2. The molecule has 0 fully saturated rings. The third-order valence-electron chi connectivity index (χ3n) is 3.82. The third-order valence-corrected chi connectivity index (χ3v) is 3.82. The highest BCUT2D eigenvalue weighted by atomic mass is 16.1. The molecule has 0 aromatic heterocycles. The fourth-order valence-corrected chi connectivity index (χ4v) is 2.70. The summed E-state index contributed by atoms with van der Waals surface area (Å²) in [6.45, 7) is 0. The van der Waals surface area contributed by atoms with Crippen LogP contribution >= 0.6 is 0 Å². The summed E-state index contributed by atoms with van der Waals surface area (Å²) in [5.74, 6) is -0.304. The van der Waals surface area contributed by atoms with Crippen LogP contribution in [0.1, 0.15) is 20.7 Å². The topological polar surface area (TPSA) is 49.4 Å². The predicted molar refractivity (Wildman–Crippen MR) is 86.0 cm³/mol. The zero-order valence-corrected chi connectivity index (χ0v) is 12.5. The number of benzene rings is 2. The number of para-hydroxylation sites is 1. The van der Waals surface area contributed by atoms with Gasteiger partial charge in [0.05, 0.1) is 0 Å². The molecular formula is C18H16N2O2. The van der Waals surface area contributed by atoms with Gasteiger partial charge in [-0.05, 0) is 12.1 Å². The molecule has 0 saturated carbocycles. The van der Waals surface area contributed by atoms with Crippen molar-refractivity contribution >= 4 is 17.3 Å². The Kier molecular flexibility index (Phi) is 3.51. The van der Waals surface area contributed by atoms with Gasteiger partial charge in [0.1, 0.15) is 11.4 Å². The van der Waals surface area contributed by atoms with Crippen LogP contribution in [0.3, 0.4) is 0 Å². The van der Waals surface area contributed by atoms with Crippen LogP contribution in [0.25, 0.3) is 0 Å². The molecule has 0 unspecified atom stereocenters. The van der Waals surface area contributed by atoms with Crippen LogP contribution in [0.15, 0.2) is 66.0 Å². The van der Waals surface area contributed by atoms with E-state index in [1.807, 2.05) is 30.3 Å². The SMILES string of the molecule is CNC1=C(N(C)c2ccccc2)C(=O)c2ccccc2C1=O. The number of nitrogens with one attached hydrogen (secondary N) is 1. The maximum absolute atomic E-state index is 12.9. The quantitative estimate of drug-likeness (QED) is 0.945. The number of hydrogen-bond acceptors (Lipinski definition) is 4. The molecule has 0 bridgehead atoms. The summed E-state index contributed by atoms with van der Waals surface area (Å²) in [6.07, 6.45) is 0. The second-order valence-corrected chi connectivity index (χ2v) is 5.07. The summed E-state index contributed by atoms with van der Waals surface area (Å²) >= 11 is 0. The molecule has 1 aliphatic rings. The largest absolute Gasteiger partial charge is 0.383 e. The maximum atomic E-state index is 12.9. The molecule has 0 aliphatic heterocycles. The number of hydrogen-bond donors (Lipinski definition) is 1. The van der Waals surface area contributed by atoms with Crippen molar-refractivity contribution in [3.05, 3.63) is 77.1 Å². The smallest absolute Gasteiger partial charge is 0.212 e. The lowest BCUT2D eigenvalue weighted by molar-refractivity contribution is 0.0968. The van der Waals surface area contributed by atoms with E-state index in [4.69, 9.17) is 0 Å². The molecule has 4 nitrogen and oxygen atoms in total. The number of carbonyl (C=O) groups excluding carboxylic acids is 2. The van der Waals surface area contributed by atoms with Gasteiger partial charge in [0.2, 0.25) is 11.6 Å². The molecule has 2 aromatic carbocycles. The van der Waals surface area contributed by atoms with Crippen LogP contribution in [-0.2, 0) is 0 Å². The molecule has 0 spiro atoms. The molecule has 4 heteroatoms. The van der Waals surface area contributed by atoms with Crippen molar-refractivity contribution in [2.45, 2.75) is 0 Å². The van der Waals surface area contributed by atoms with E-state index in [1.165, 1.54) is 0 Å². The number of ketones is 2. The molecule has 1 aliphatic carbocycles. The van der Waals surface area contributed by atoms with E-state index in [-0.39, 0.29) is 11.6 Å². The van der Waals surface area contributed by atoms with Crippen LogP contribution in [0.4, 0.5) is 5.69 Å². The Balaban J connectivity index is 2.16. The van der Waals surface area contributed by atoms with Gasteiger partial charge >= 0.3 is 0 Å². The fraction of sp³-hybridized carbons (Fsp3) is 0.111. The number of anilines is 1. The van der Waals surface area contributed by atoms with Gasteiger partial charge in [0.15, 0.2) is 0 Å². The minimum atomic E-state index is -0.157. The average Bonchev–Trinajstić information content (AvgIpc) is 2.58. The van der Waals surface area contributed by atoms with E-state index in [2.05, 4.69) is 5.32 Å². The first-order chi connectivity index (χ1) is 10.6. The zero-order chi connectivity index (χ0) is 15.7. The van der Waals surface area contributed by atoms with Crippen LogP contribution in [0, 0.1) is 0 Å². The monoisotopic (exact) mass is 292 g/mol. The summed E-state index contributed by atoms with van der Waals surface area (Å²) < 4.78 is 0. The predicted octanol–water partition coefficient (Wildman–Crippen LogP) is 2.63. The van der Waals surface area contributed by atoms with E-state index in [9.17, 15) is 9.59 Å². The second kappa shape index (κ2) is 5.48. The van der Waals surface area contributed by atoms with Crippen LogP contribution in [0.2, 0.25) is 0 Å². The minimum Gasteiger partial charge on any atom is -0.383 e. The summed E-state index contributed by atoms with van der Waals surface area (Å²) in [5.41, 5.74) is 2.45. The first kappa shape index (κ1) is 14.1. The van der Waals surface area contributed by atoms with Crippen molar-refractivity contribution in [1.29, 1.82) is 0 Å². The highest BCUT2D eigenvalue weighted by molar-refractivity contribution is 6.27. The van der Waals surface area contributed by atoms with Gasteiger partial charge in [-0.3, -0.25) is 9.59 Å². The number of rotatable bonds is 3. The highest BCUT2D eigenvalue weighted by Gasteiger charge is 2.33. The first-order valence-corrected chi connectivity index (χ1v) is 7.04. The first-order valence-electron chi connectivity index (χ1n) is 7.04. The van der Waals surface area contributed by atoms with E-state index >= 15 is 0 Å². The Hall–Kier alpha value is -2.88. The molecule has 3 rings (SSSR count). The van der Waals surface area contributed by atoms with E-state index in [1.54, 1.807) is 43.3 Å². The minimum absolute atomic E-state index is 0.147. The summed E-state index contributed by atoms with van der Waals surface area (Å²) in [5, 5.41) is 2.89. The lowest BCUT2D eigenvalue weighted by atomic mass is 9.89. The summed E-state index contributed by atoms with van der Waals surface area (Å²) in [7, 11) is 3.45. The Morgan fingerprint density at radius 2 is 1.36 bits per heavy atom. The third kappa shape index (κ3) is 2.09. The number of fused-ring (bicyclic) bond motifs is 1. The standard InChI is InChI=1S/C18H16N2O2/c1-19-15-16(20(2)12-8-4-3-5-9-12)18(22)14-11-7-6-10-13(14)17(15)21/h3-11,19H,1-2H3. The van der Waals surface area contributed by atoms with Crippen LogP contribution in [-0.4, -0.2) is 25.7 Å². The molecule has 2 aromatic rings. The number of Topliss-reactive ketones (excluding diaryl/α,β-unsaturated/α-hetero) is 2. The lowest BCUT2D eigenvalue weighted by Crippen LogP contribution is -2.36. The number of allylic oxidation sites excluding steroid dienone is 2. The fourth-order valence-electron chi connectivity index (χ4n) is 2.70. The Labute approximate surface area is 129 Å². The number of nitrogens with zero attached hydrogens (tertiary/aromatic N) is 1. The Morgan fingerprint density at radius 1 is 0.818 bits per heavy atom. The van der Waals surface area contributed by atoms with Crippen molar-refractivity contribution in [3.63, 3.8) is 0 Å². The molecule has 110 valence electrons. The normalized spacial score (nSPS) is 13.9. The van der Waals surface area contributed by atoms with Crippen LogP contribution < -0.4 is 10.2 Å². The van der Waals surface area contributed by atoms with Crippen molar-refractivity contribution in [2.75, 3.05) is 19.0 Å². The van der Waals surface area contributed by atoms with Gasteiger partial charge in [0.25, 0.3) is 0 Å². The van der Waals surface area contributed by atoms with Gasteiger partial charge in [-0.25, -0.2) is 0 Å². The van der Waals surface area contributed by atoms with Crippen molar-refractivity contribution < 1.29 is 9.59 Å². The highest BCUT2D eigenvalue weighted by Crippen LogP contribution is 2.29. The van der Waals surface area contributed by atoms with Gasteiger partial charge in [-0.2, -0.15) is 0 Å². The molecule has 0 radical (unpaired) electrons. The molecule has 0 saturated heterocycles. The average molecular weight is 292 g/mol. The Morgan fingerprint density at radius 3 is 1.95 bits per heavy atom. The molecule has 0 amide bonds. The van der Waals surface area contributed by atoms with Gasteiger partial charge in [-0.1, -0.05) is 42.5 Å². The van der Waals surface area contributed by atoms with E-state index in [0.29, 0.717) is 22.5 Å². The van der Waals surface area contributed by atoms with E-state index < -0.39 is 0 Å². The van der Waals surface area contributed by atoms with Crippen molar-refractivity contribution in [3.8, 4) is 0 Å². The van der Waals surface area contributed by atoms with E-state index in [0.717, 1.165) is 5.69 Å². The second-order valence-electron chi connectivity index (χ2n) is 5.07. The number of likely N-dealkylation sites (N-methyl/N-ethyl adjacent to an activating group) is 2. The Bertz CT molecular complexity index is 779. The molecular weight excluding hydrogens is 276 g/mol. The molecule has 0 heterocycles. The zero-order valence-electron chi connectivity index (χ0n) is 12.5. The molecule has 0 atom stereocenters. The molecule has 22 heavy (non-hydrogen) atoms. The van der Waals surface area contributed by atoms with Gasteiger partial charge < -0.3 is 10.2 Å².